The monoisotopic (exact) mass is 374 g/mol. The lowest BCUT2D eigenvalue weighted by Gasteiger charge is -2.29. The number of ether oxygens (including phenoxy) is 4. The number of rotatable bonds is 12. The second-order valence-electron chi connectivity index (χ2n) is 5.95. The third-order valence-corrected chi connectivity index (χ3v) is 4.47. The molecule has 0 unspecified atom stereocenters. The Morgan fingerprint density at radius 2 is 1.12 bits per heavy atom. The molecule has 0 N–H and O–H groups in total. The molecule has 0 saturated carbocycles. The van der Waals surface area contributed by atoms with Crippen LogP contribution in [0.25, 0.3) is 0 Å². The maximum atomic E-state index is 13.0. The van der Waals surface area contributed by atoms with Crippen molar-refractivity contribution in [3.8, 4) is 0 Å². The van der Waals surface area contributed by atoms with Crippen LogP contribution in [0.2, 0.25) is 0 Å². The molecule has 2 aliphatic heterocycles. The molecule has 2 heterocycles. The molecule has 2 fully saturated rings. The summed E-state index contributed by atoms with van der Waals surface area (Å²) in [6, 6.07) is -0.358. The second-order valence-corrected chi connectivity index (χ2v) is 5.95. The zero-order valence-electron chi connectivity index (χ0n) is 16.0. The number of hydrogen-bond acceptors (Lipinski definition) is 6. The van der Waals surface area contributed by atoms with E-state index in [-0.39, 0.29) is 25.5 Å². The molecule has 0 bridgehead atoms. The maximum absolute atomic E-state index is 13.0. The van der Waals surface area contributed by atoms with Gasteiger partial charge in [-0.3, -0.25) is 19.6 Å². The van der Waals surface area contributed by atoms with Crippen LogP contribution in [0.3, 0.4) is 0 Å². The average molecular weight is 374 g/mol. The fourth-order valence-corrected chi connectivity index (χ4v) is 3.24. The first-order valence-electron chi connectivity index (χ1n) is 8.90. The Kier molecular flexibility index (Phi) is 7.88. The van der Waals surface area contributed by atoms with E-state index in [0.717, 1.165) is 0 Å². The van der Waals surface area contributed by atoms with Gasteiger partial charge < -0.3 is 18.9 Å². The SMILES string of the molecule is CCOCN1C(=O)N(CCOC)C2C1N(COCC)C(=O)N2CCOC. The van der Waals surface area contributed by atoms with Gasteiger partial charge in [-0.1, -0.05) is 0 Å². The Morgan fingerprint density at radius 3 is 1.46 bits per heavy atom. The summed E-state index contributed by atoms with van der Waals surface area (Å²) in [6.45, 7) is 6.47. The molecule has 0 spiro atoms. The lowest BCUT2D eigenvalue weighted by Crippen LogP contribution is -2.48. The van der Waals surface area contributed by atoms with E-state index in [1.54, 1.807) is 33.8 Å². The highest BCUT2D eigenvalue weighted by Gasteiger charge is 2.58. The van der Waals surface area contributed by atoms with Crippen LogP contribution in [0.4, 0.5) is 9.59 Å². The first-order chi connectivity index (χ1) is 12.6. The Balaban J connectivity index is 2.31. The van der Waals surface area contributed by atoms with Gasteiger partial charge in [-0.05, 0) is 13.8 Å². The van der Waals surface area contributed by atoms with E-state index in [1.807, 2.05) is 13.8 Å². The van der Waals surface area contributed by atoms with Crippen molar-refractivity contribution in [1.29, 1.82) is 0 Å². The van der Waals surface area contributed by atoms with Crippen LogP contribution in [-0.4, -0.2) is 111 Å². The van der Waals surface area contributed by atoms with Gasteiger partial charge in [0.05, 0.1) is 13.2 Å². The van der Waals surface area contributed by atoms with Crippen molar-refractivity contribution in [3.63, 3.8) is 0 Å². The van der Waals surface area contributed by atoms with E-state index in [1.165, 1.54) is 0 Å². The van der Waals surface area contributed by atoms with Crippen LogP contribution >= 0.6 is 0 Å². The Labute approximate surface area is 154 Å². The van der Waals surface area contributed by atoms with E-state index in [4.69, 9.17) is 18.9 Å². The number of urea groups is 2. The number of methoxy groups -OCH3 is 2. The predicted octanol–water partition coefficient (Wildman–Crippen LogP) is 0.395. The second kappa shape index (κ2) is 9.91. The maximum Gasteiger partial charge on any atom is 0.325 e. The van der Waals surface area contributed by atoms with Gasteiger partial charge in [0.1, 0.15) is 19.6 Å². The van der Waals surface area contributed by atoms with Crippen molar-refractivity contribution in [2.75, 3.05) is 67.2 Å². The van der Waals surface area contributed by atoms with Gasteiger partial charge in [0, 0.05) is 40.5 Å². The van der Waals surface area contributed by atoms with Crippen LogP contribution in [0.15, 0.2) is 0 Å². The fraction of sp³-hybridized carbons (Fsp3) is 0.875. The van der Waals surface area contributed by atoms with Crippen LogP contribution in [0.1, 0.15) is 13.8 Å². The normalized spacial score (nSPS) is 22.8. The topological polar surface area (TPSA) is 84.0 Å². The number of fused-ring (bicyclic) bond motifs is 1. The minimum atomic E-state index is -0.471. The van der Waals surface area contributed by atoms with E-state index in [2.05, 4.69) is 0 Å². The van der Waals surface area contributed by atoms with Gasteiger partial charge >= 0.3 is 12.1 Å². The van der Waals surface area contributed by atoms with Crippen LogP contribution < -0.4 is 0 Å². The van der Waals surface area contributed by atoms with E-state index in [0.29, 0.717) is 39.5 Å². The van der Waals surface area contributed by atoms with Crippen molar-refractivity contribution in [1.82, 2.24) is 19.6 Å². The molecule has 10 nitrogen and oxygen atoms in total. The van der Waals surface area contributed by atoms with Gasteiger partial charge in [-0.25, -0.2) is 9.59 Å². The Morgan fingerprint density at radius 1 is 0.731 bits per heavy atom. The van der Waals surface area contributed by atoms with Crippen molar-refractivity contribution in [2.45, 2.75) is 26.2 Å². The number of carbonyl (C=O) groups excluding carboxylic acids is 2. The van der Waals surface area contributed by atoms with E-state index >= 15 is 0 Å². The predicted molar refractivity (Wildman–Crippen MR) is 92.2 cm³/mol. The summed E-state index contributed by atoms with van der Waals surface area (Å²) in [5.41, 5.74) is 0. The van der Waals surface area contributed by atoms with Gasteiger partial charge in [0.25, 0.3) is 0 Å². The molecule has 10 heteroatoms. The van der Waals surface area contributed by atoms with Crippen LogP contribution in [0.5, 0.6) is 0 Å². The van der Waals surface area contributed by atoms with Gasteiger partial charge in [0.2, 0.25) is 0 Å². The Bertz CT molecular complexity index is 402. The molecule has 0 atom stereocenters. The van der Waals surface area contributed by atoms with Crippen LogP contribution in [0, 0.1) is 0 Å². The standard InChI is InChI=1S/C16H30N4O6/c1-5-25-11-19-14-13(17(15(19)21)7-9-23-3)18(8-10-24-4)16(22)20(14)12-26-6-2/h13-14H,5-12H2,1-4H3. The highest BCUT2D eigenvalue weighted by molar-refractivity contribution is 5.85. The summed E-state index contributed by atoms with van der Waals surface area (Å²) in [6.07, 6.45) is -0.900. The molecule has 0 aromatic carbocycles. The van der Waals surface area contributed by atoms with Gasteiger partial charge in [0.15, 0.2) is 6.17 Å². The lowest BCUT2D eigenvalue weighted by molar-refractivity contribution is -0.0214. The lowest BCUT2D eigenvalue weighted by atomic mass is 10.3. The van der Waals surface area contributed by atoms with Crippen LogP contribution in [-0.2, 0) is 18.9 Å². The van der Waals surface area contributed by atoms with E-state index in [9.17, 15) is 9.59 Å². The molecule has 4 amide bonds. The molecule has 2 rings (SSSR count). The molecular weight excluding hydrogens is 344 g/mol. The summed E-state index contributed by atoms with van der Waals surface area (Å²) >= 11 is 0. The smallest absolute Gasteiger partial charge is 0.325 e. The molecule has 2 saturated heterocycles. The summed E-state index contributed by atoms with van der Waals surface area (Å²) in [7, 11) is 3.17. The summed E-state index contributed by atoms with van der Waals surface area (Å²) in [4.78, 5) is 32.4. The molecular formula is C16H30N4O6. The molecule has 0 aromatic rings. The van der Waals surface area contributed by atoms with Gasteiger partial charge in [-0.15, -0.1) is 0 Å². The molecule has 0 aromatic heterocycles. The first kappa shape index (κ1) is 20.7. The highest BCUT2D eigenvalue weighted by Crippen LogP contribution is 2.34. The first-order valence-corrected chi connectivity index (χ1v) is 8.90. The average Bonchev–Trinajstić information content (AvgIpc) is 3.05. The summed E-state index contributed by atoms with van der Waals surface area (Å²) < 4.78 is 21.2. The minimum Gasteiger partial charge on any atom is -0.383 e. The molecule has 26 heavy (non-hydrogen) atoms. The van der Waals surface area contributed by atoms with Gasteiger partial charge in [-0.2, -0.15) is 0 Å². The zero-order chi connectivity index (χ0) is 19.1. The summed E-state index contributed by atoms with van der Waals surface area (Å²) in [5, 5.41) is 0. The minimum absolute atomic E-state index is 0.119. The number of amides is 4. The Hall–Kier alpha value is -1.62. The molecule has 2 aliphatic rings. The number of hydrogen-bond donors (Lipinski definition) is 0. The summed E-state index contributed by atoms with van der Waals surface area (Å²) in [5.74, 6) is 0. The fourth-order valence-electron chi connectivity index (χ4n) is 3.24. The third-order valence-electron chi connectivity index (χ3n) is 4.47. The van der Waals surface area contributed by atoms with Crippen molar-refractivity contribution in [3.05, 3.63) is 0 Å². The third kappa shape index (κ3) is 4.03. The largest absolute Gasteiger partial charge is 0.383 e. The van der Waals surface area contributed by atoms with Crippen molar-refractivity contribution < 1.29 is 28.5 Å². The molecule has 150 valence electrons. The van der Waals surface area contributed by atoms with Crippen molar-refractivity contribution >= 4 is 12.1 Å². The number of carbonyl (C=O) groups is 2. The molecule has 0 aliphatic carbocycles. The quantitative estimate of drug-likeness (QED) is 0.492. The highest BCUT2D eigenvalue weighted by atomic mass is 16.5. The van der Waals surface area contributed by atoms with Crippen molar-refractivity contribution in [2.24, 2.45) is 0 Å². The zero-order valence-corrected chi connectivity index (χ0v) is 16.0. The van der Waals surface area contributed by atoms with E-state index < -0.39 is 12.3 Å². The number of nitrogens with zero attached hydrogens (tertiary/aromatic N) is 4. The molecule has 0 radical (unpaired) electrons.